The summed E-state index contributed by atoms with van der Waals surface area (Å²) in [5.74, 6) is 0.989. The highest BCUT2D eigenvalue weighted by Crippen LogP contribution is 2.30. The number of nitrogens with zero attached hydrogens (tertiary/aromatic N) is 3. The molecule has 1 aromatic heterocycles. The molecule has 2 aromatic rings. The van der Waals surface area contributed by atoms with E-state index in [1.54, 1.807) is 11.3 Å². The summed E-state index contributed by atoms with van der Waals surface area (Å²) >= 11 is 3.16. The van der Waals surface area contributed by atoms with Crippen molar-refractivity contribution < 1.29 is 9.59 Å². The Kier molecular flexibility index (Phi) is 5.98. The molecule has 0 radical (unpaired) electrons. The van der Waals surface area contributed by atoms with Crippen LogP contribution in [0.4, 0.5) is 0 Å². The molecule has 4 rings (SSSR count). The highest BCUT2D eigenvalue weighted by atomic mass is 32.2. The van der Waals surface area contributed by atoms with Crippen molar-refractivity contribution in [1.29, 1.82) is 0 Å². The van der Waals surface area contributed by atoms with Gasteiger partial charge in [0.1, 0.15) is 0 Å². The zero-order chi connectivity index (χ0) is 18.6. The standard InChI is InChI=1S/C20H25N3O2S2/c24-18(14-26-20-21-16-6-2-3-7-17(16)27-20)22-12-8-15(9-13-22)19(25)23-10-4-1-5-11-23/h2-3,6-7,15H,1,4-5,8-14H2. The molecule has 2 saturated heterocycles. The number of para-hydroxylation sites is 1. The SMILES string of the molecule is O=C(CSc1nc2ccccc2s1)N1CCC(C(=O)N2CCCCC2)CC1. The molecule has 7 heteroatoms. The quantitative estimate of drug-likeness (QED) is 0.732. The Morgan fingerprint density at radius 2 is 1.78 bits per heavy atom. The van der Waals surface area contributed by atoms with Crippen LogP contribution in [0.15, 0.2) is 28.6 Å². The number of benzene rings is 1. The monoisotopic (exact) mass is 403 g/mol. The van der Waals surface area contributed by atoms with E-state index in [9.17, 15) is 9.59 Å². The molecule has 2 aliphatic rings. The summed E-state index contributed by atoms with van der Waals surface area (Å²) in [6.45, 7) is 3.22. The Morgan fingerprint density at radius 1 is 1.04 bits per heavy atom. The lowest BCUT2D eigenvalue weighted by Crippen LogP contribution is -2.46. The van der Waals surface area contributed by atoms with E-state index in [4.69, 9.17) is 0 Å². The van der Waals surface area contributed by atoms with Gasteiger partial charge in [0.05, 0.1) is 16.0 Å². The second-order valence-corrected chi connectivity index (χ2v) is 9.53. The summed E-state index contributed by atoms with van der Waals surface area (Å²) < 4.78 is 2.10. The van der Waals surface area contributed by atoms with E-state index < -0.39 is 0 Å². The molecule has 0 saturated carbocycles. The largest absolute Gasteiger partial charge is 0.342 e. The minimum Gasteiger partial charge on any atom is -0.342 e. The third-order valence-corrected chi connectivity index (χ3v) is 7.62. The van der Waals surface area contributed by atoms with Crippen molar-refractivity contribution >= 4 is 45.1 Å². The molecule has 0 unspecified atom stereocenters. The summed E-state index contributed by atoms with van der Waals surface area (Å²) in [6, 6.07) is 8.05. The van der Waals surface area contributed by atoms with Gasteiger partial charge in [0, 0.05) is 32.1 Å². The minimum absolute atomic E-state index is 0.101. The lowest BCUT2D eigenvalue weighted by Gasteiger charge is -2.35. The summed E-state index contributed by atoms with van der Waals surface area (Å²) in [5, 5.41) is 0. The van der Waals surface area contributed by atoms with Crippen molar-refractivity contribution in [2.45, 2.75) is 36.4 Å². The molecule has 27 heavy (non-hydrogen) atoms. The van der Waals surface area contributed by atoms with Gasteiger partial charge in [0.15, 0.2) is 4.34 Å². The normalized spacial score (nSPS) is 18.8. The number of amides is 2. The predicted molar refractivity (Wildman–Crippen MR) is 110 cm³/mol. The fourth-order valence-corrected chi connectivity index (χ4v) is 5.85. The van der Waals surface area contributed by atoms with Gasteiger partial charge in [0.25, 0.3) is 0 Å². The number of aromatic nitrogens is 1. The van der Waals surface area contributed by atoms with Gasteiger partial charge in [-0.2, -0.15) is 0 Å². The summed E-state index contributed by atoms with van der Waals surface area (Å²) in [6.07, 6.45) is 5.10. The maximum absolute atomic E-state index is 12.6. The van der Waals surface area contributed by atoms with Gasteiger partial charge in [-0.25, -0.2) is 4.98 Å². The lowest BCUT2D eigenvalue weighted by molar-refractivity contribution is -0.140. The molecule has 5 nitrogen and oxygen atoms in total. The molecular weight excluding hydrogens is 378 g/mol. The number of hydrogen-bond acceptors (Lipinski definition) is 5. The number of likely N-dealkylation sites (tertiary alicyclic amines) is 2. The predicted octanol–water partition coefficient (Wildman–Crippen LogP) is 3.64. The third-order valence-electron chi connectivity index (χ3n) is 5.46. The molecule has 144 valence electrons. The second kappa shape index (κ2) is 8.61. The molecule has 0 N–H and O–H groups in total. The number of carbonyl (C=O) groups excluding carboxylic acids is 2. The molecule has 2 fully saturated rings. The zero-order valence-electron chi connectivity index (χ0n) is 15.4. The first-order valence-corrected chi connectivity index (χ1v) is 11.6. The topological polar surface area (TPSA) is 53.5 Å². The van der Waals surface area contributed by atoms with E-state index >= 15 is 0 Å². The van der Waals surface area contributed by atoms with Crippen LogP contribution in [0.25, 0.3) is 10.2 Å². The van der Waals surface area contributed by atoms with Crippen LogP contribution >= 0.6 is 23.1 Å². The van der Waals surface area contributed by atoms with Gasteiger partial charge >= 0.3 is 0 Å². The van der Waals surface area contributed by atoms with E-state index in [1.807, 2.05) is 28.0 Å². The number of rotatable bonds is 4. The Hall–Kier alpha value is -1.60. The first-order chi connectivity index (χ1) is 13.2. The molecule has 0 atom stereocenters. The third kappa shape index (κ3) is 4.46. The van der Waals surface area contributed by atoms with Crippen molar-refractivity contribution in [3.05, 3.63) is 24.3 Å². The average Bonchev–Trinajstić information content (AvgIpc) is 3.15. The zero-order valence-corrected chi connectivity index (χ0v) is 17.1. The number of carbonyl (C=O) groups is 2. The summed E-state index contributed by atoms with van der Waals surface area (Å²) in [5.41, 5.74) is 0.995. The number of fused-ring (bicyclic) bond motifs is 1. The Labute approximate surface area is 168 Å². The average molecular weight is 404 g/mol. The van der Waals surface area contributed by atoms with Crippen LogP contribution in [0.3, 0.4) is 0 Å². The van der Waals surface area contributed by atoms with E-state index in [0.717, 1.165) is 53.3 Å². The second-order valence-electron chi connectivity index (χ2n) is 7.28. The van der Waals surface area contributed by atoms with Crippen LogP contribution in [-0.4, -0.2) is 58.5 Å². The van der Waals surface area contributed by atoms with E-state index in [0.29, 0.717) is 24.7 Å². The lowest BCUT2D eigenvalue weighted by atomic mass is 9.94. The van der Waals surface area contributed by atoms with Gasteiger partial charge in [0.2, 0.25) is 11.8 Å². The van der Waals surface area contributed by atoms with E-state index in [1.165, 1.54) is 18.2 Å². The molecule has 3 heterocycles. The van der Waals surface area contributed by atoms with Gasteiger partial charge in [-0.1, -0.05) is 23.9 Å². The minimum atomic E-state index is 0.101. The van der Waals surface area contributed by atoms with E-state index in [-0.39, 0.29) is 11.8 Å². The fourth-order valence-electron chi connectivity index (χ4n) is 3.88. The molecule has 0 aliphatic carbocycles. The molecule has 2 amide bonds. The molecular formula is C20H25N3O2S2. The smallest absolute Gasteiger partial charge is 0.233 e. The van der Waals surface area contributed by atoms with Crippen LogP contribution < -0.4 is 0 Å². The Balaban J connectivity index is 1.25. The van der Waals surface area contributed by atoms with Gasteiger partial charge in [-0.05, 0) is 44.2 Å². The fraction of sp³-hybridized carbons (Fsp3) is 0.550. The number of piperidine rings is 2. The van der Waals surface area contributed by atoms with Gasteiger partial charge in [-0.3, -0.25) is 9.59 Å². The summed E-state index contributed by atoms with van der Waals surface area (Å²) in [7, 11) is 0. The Bertz CT molecular complexity index is 775. The number of hydrogen-bond donors (Lipinski definition) is 0. The number of thiazole rings is 1. The van der Waals surface area contributed by atoms with Gasteiger partial charge < -0.3 is 9.80 Å². The van der Waals surface area contributed by atoms with Crippen LogP contribution in [-0.2, 0) is 9.59 Å². The highest BCUT2D eigenvalue weighted by molar-refractivity contribution is 8.01. The maximum atomic E-state index is 12.6. The van der Waals surface area contributed by atoms with Crippen molar-refractivity contribution in [3.63, 3.8) is 0 Å². The molecule has 2 aliphatic heterocycles. The van der Waals surface area contributed by atoms with Crippen LogP contribution in [0.2, 0.25) is 0 Å². The van der Waals surface area contributed by atoms with Crippen molar-refractivity contribution in [1.82, 2.24) is 14.8 Å². The van der Waals surface area contributed by atoms with Crippen molar-refractivity contribution in [2.24, 2.45) is 5.92 Å². The van der Waals surface area contributed by atoms with E-state index in [2.05, 4.69) is 11.1 Å². The maximum Gasteiger partial charge on any atom is 0.233 e. The first-order valence-electron chi connectivity index (χ1n) is 9.75. The van der Waals surface area contributed by atoms with Crippen LogP contribution in [0.1, 0.15) is 32.1 Å². The molecule has 1 aromatic carbocycles. The van der Waals surface area contributed by atoms with Gasteiger partial charge in [-0.15, -0.1) is 11.3 Å². The van der Waals surface area contributed by atoms with Crippen LogP contribution in [0, 0.1) is 5.92 Å². The van der Waals surface area contributed by atoms with Crippen molar-refractivity contribution in [2.75, 3.05) is 31.9 Å². The molecule has 0 spiro atoms. The number of thioether (sulfide) groups is 1. The first kappa shape index (κ1) is 18.7. The van der Waals surface area contributed by atoms with Crippen LogP contribution in [0.5, 0.6) is 0 Å². The summed E-state index contributed by atoms with van der Waals surface area (Å²) in [4.78, 5) is 33.7. The molecule has 0 bridgehead atoms. The Morgan fingerprint density at radius 3 is 2.52 bits per heavy atom. The highest BCUT2D eigenvalue weighted by Gasteiger charge is 2.30. The van der Waals surface area contributed by atoms with Crippen molar-refractivity contribution in [3.8, 4) is 0 Å².